The van der Waals surface area contributed by atoms with Crippen LogP contribution in [0.15, 0.2) is 25.7 Å². The Morgan fingerprint density at radius 3 is 1.14 bits per heavy atom. The Balaban J connectivity index is 0. The van der Waals surface area contributed by atoms with Crippen molar-refractivity contribution in [2.75, 3.05) is 26.4 Å². The van der Waals surface area contributed by atoms with Gasteiger partial charge in [-0.1, -0.05) is 13.2 Å². The maximum absolute atomic E-state index is 8.50. The highest BCUT2D eigenvalue weighted by atomic mass is 16.5. The summed E-state index contributed by atoms with van der Waals surface area (Å²) in [5, 5.41) is 34.0. The Kier molecular flexibility index (Phi) is 11.4. The van der Waals surface area contributed by atoms with E-state index in [2.05, 4.69) is 17.9 Å². The normalized spacial score (nSPS) is 9.71. The fourth-order valence-corrected chi connectivity index (χ4v) is 0.368. The highest BCUT2D eigenvalue weighted by Crippen LogP contribution is 2.11. The van der Waals surface area contributed by atoms with Gasteiger partial charge in [-0.25, -0.2) is 0 Å². The standard InChI is InChI=1S/C5H12O4.C4H6O/c6-1-5(2-7,3-8)4-9;1-3-5-4-2/h6-9H,1-4H2;3-4H,1-2H2. The second-order valence-corrected chi connectivity index (χ2v) is 2.60. The van der Waals surface area contributed by atoms with Gasteiger partial charge in [-0.3, -0.25) is 0 Å². The van der Waals surface area contributed by atoms with Crippen molar-refractivity contribution >= 4 is 0 Å². The molecule has 0 saturated heterocycles. The first-order valence-corrected chi connectivity index (χ1v) is 3.97. The van der Waals surface area contributed by atoms with Gasteiger partial charge in [0.2, 0.25) is 0 Å². The van der Waals surface area contributed by atoms with E-state index in [0.717, 1.165) is 0 Å². The third-order valence-electron chi connectivity index (χ3n) is 1.53. The van der Waals surface area contributed by atoms with Crippen molar-refractivity contribution in [3.05, 3.63) is 25.7 Å². The highest BCUT2D eigenvalue weighted by Gasteiger charge is 2.26. The summed E-state index contributed by atoms with van der Waals surface area (Å²) in [7, 11) is 0. The van der Waals surface area contributed by atoms with Gasteiger partial charge in [-0.15, -0.1) is 0 Å². The van der Waals surface area contributed by atoms with Crippen LogP contribution >= 0.6 is 0 Å². The average molecular weight is 206 g/mol. The predicted octanol–water partition coefficient (Wildman–Crippen LogP) is -0.768. The summed E-state index contributed by atoms with van der Waals surface area (Å²) < 4.78 is 4.36. The second-order valence-electron chi connectivity index (χ2n) is 2.60. The fraction of sp³-hybridized carbons (Fsp3) is 0.556. The van der Waals surface area contributed by atoms with Crippen LogP contribution in [0.5, 0.6) is 0 Å². The number of aliphatic hydroxyl groups excluding tert-OH is 4. The van der Waals surface area contributed by atoms with E-state index in [1.54, 1.807) is 0 Å². The van der Waals surface area contributed by atoms with Crippen LogP contribution in [0.2, 0.25) is 0 Å². The second kappa shape index (κ2) is 10.2. The summed E-state index contributed by atoms with van der Waals surface area (Å²) in [6, 6.07) is 0. The van der Waals surface area contributed by atoms with Crippen LogP contribution in [-0.2, 0) is 4.74 Å². The molecule has 14 heavy (non-hydrogen) atoms. The molecule has 0 heterocycles. The lowest BCUT2D eigenvalue weighted by atomic mass is 9.93. The highest BCUT2D eigenvalue weighted by molar-refractivity contribution is 4.74. The maximum atomic E-state index is 8.50. The van der Waals surface area contributed by atoms with Crippen molar-refractivity contribution in [1.29, 1.82) is 0 Å². The summed E-state index contributed by atoms with van der Waals surface area (Å²) in [5.41, 5.74) is -1.11. The lowest BCUT2D eigenvalue weighted by Crippen LogP contribution is -2.37. The molecule has 0 aromatic heterocycles. The number of rotatable bonds is 6. The molecule has 0 aromatic rings. The number of ether oxygens (including phenoxy) is 1. The summed E-state index contributed by atoms with van der Waals surface area (Å²) in [6.07, 6.45) is 2.62. The van der Waals surface area contributed by atoms with Gasteiger partial charge in [0.25, 0.3) is 0 Å². The summed E-state index contributed by atoms with van der Waals surface area (Å²) >= 11 is 0. The van der Waals surface area contributed by atoms with E-state index in [9.17, 15) is 0 Å². The largest absolute Gasteiger partial charge is 0.474 e. The molecule has 0 atom stereocenters. The first-order valence-electron chi connectivity index (χ1n) is 3.97. The molecule has 4 N–H and O–H groups in total. The van der Waals surface area contributed by atoms with Crippen molar-refractivity contribution in [1.82, 2.24) is 0 Å². The van der Waals surface area contributed by atoms with E-state index >= 15 is 0 Å². The van der Waals surface area contributed by atoms with Crippen LogP contribution < -0.4 is 0 Å². The molecule has 0 fully saturated rings. The Bertz CT molecular complexity index is 119. The lowest BCUT2D eigenvalue weighted by Gasteiger charge is -2.23. The molecule has 0 aliphatic carbocycles. The van der Waals surface area contributed by atoms with E-state index < -0.39 is 31.8 Å². The van der Waals surface area contributed by atoms with E-state index in [0.29, 0.717) is 0 Å². The summed E-state index contributed by atoms with van der Waals surface area (Å²) in [5.74, 6) is 0. The van der Waals surface area contributed by atoms with Crippen molar-refractivity contribution in [2.24, 2.45) is 5.41 Å². The monoisotopic (exact) mass is 206 g/mol. The zero-order chi connectivity index (χ0) is 11.4. The molecule has 5 heteroatoms. The Hall–Kier alpha value is -0.880. The average Bonchev–Trinajstić information content (AvgIpc) is 2.24. The molecule has 0 aromatic carbocycles. The molecular formula is C9H18O5. The number of hydrogen-bond acceptors (Lipinski definition) is 5. The van der Waals surface area contributed by atoms with E-state index in [-0.39, 0.29) is 0 Å². The predicted molar refractivity (Wildman–Crippen MR) is 52.3 cm³/mol. The Morgan fingerprint density at radius 1 is 0.857 bits per heavy atom. The minimum atomic E-state index is -1.11. The summed E-state index contributed by atoms with van der Waals surface area (Å²) in [4.78, 5) is 0. The summed E-state index contributed by atoms with van der Waals surface area (Å²) in [6.45, 7) is 4.89. The maximum Gasteiger partial charge on any atom is 0.0829 e. The number of aliphatic hydroxyl groups is 4. The van der Waals surface area contributed by atoms with E-state index in [1.807, 2.05) is 0 Å². The zero-order valence-corrected chi connectivity index (χ0v) is 8.09. The van der Waals surface area contributed by atoms with Gasteiger partial charge >= 0.3 is 0 Å². The van der Waals surface area contributed by atoms with Crippen LogP contribution in [0.1, 0.15) is 0 Å². The minimum Gasteiger partial charge on any atom is -0.474 e. The first kappa shape index (κ1) is 15.6. The smallest absolute Gasteiger partial charge is 0.0829 e. The molecule has 0 aliphatic rings. The first-order chi connectivity index (χ1) is 6.66. The molecule has 0 saturated carbocycles. The van der Waals surface area contributed by atoms with Crippen LogP contribution in [0, 0.1) is 5.41 Å². The van der Waals surface area contributed by atoms with Crippen molar-refractivity contribution in [3.8, 4) is 0 Å². The fourth-order valence-electron chi connectivity index (χ4n) is 0.368. The van der Waals surface area contributed by atoms with E-state index in [1.165, 1.54) is 12.5 Å². The Labute approximate surface area is 83.6 Å². The van der Waals surface area contributed by atoms with Gasteiger partial charge < -0.3 is 25.2 Å². The molecule has 0 spiro atoms. The van der Waals surface area contributed by atoms with Gasteiger partial charge in [-0.2, -0.15) is 0 Å². The van der Waals surface area contributed by atoms with Gasteiger partial charge in [-0.05, 0) is 0 Å². The molecule has 0 aliphatic heterocycles. The quantitative estimate of drug-likeness (QED) is 0.429. The molecule has 0 bridgehead atoms. The van der Waals surface area contributed by atoms with Crippen molar-refractivity contribution in [2.45, 2.75) is 0 Å². The van der Waals surface area contributed by atoms with Crippen LogP contribution in [-0.4, -0.2) is 46.9 Å². The molecule has 5 nitrogen and oxygen atoms in total. The SMILES string of the molecule is C=COC=C.OCC(CO)(CO)CO. The van der Waals surface area contributed by atoms with Crippen LogP contribution in [0.3, 0.4) is 0 Å². The van der Waals surface area contributed by atoms with E-state index in [4.69, 9.17) is 20.4 Å². The number of hydrogen-bond donors (Lipinski definition) is 4. The molecule has 0 radical (unpaired) electrons. The van der Waals surface area contributed by atoms with Crippen molar-refractivity contribution < 1.29 is 25.2 Å². The molecular weight excluding hydrogens is 188 g/mol. The van der Waals surface area contributed by atoms with Gasteiger partial charge in [0.15, 0.2) is 0 Å². The molecule has 84 valence electrons. The van der Waals surface area contributed by atoms with Crippen LogP contribution in [0.25, 0.3) is 0 Å². The Morgan fingerprint density at radius 2 is 1.14 bits per heavy atom. The third-order valence-corrected chi connectivity index (χ3v) is 1.53. The molecule has 0 rings (SSSR count). The topological polar surface area (TPSA) is 90.2 Å². The molecule has 0 unspecified atom stereocenters. The van der Waals surface area contributed by atoms with Gasteiger partial charge in [0.05, 0.1) is 44.4 Å². The van der Waals surface area contributed by atoms with Crippen molar-refractivity contribution in [3.63, 3.8) is 0 Å². The van der Waals surface area contributed by atoms with Crippen LogP contribution in [0.4, 0.5) is 0 Å². The third kappa shape index (κ3) is 6.62. The lowest BCUT2D eigenvalue weighted by molar-refractivity contribution is -0.0328. The minimum absolute atomic E-state index is 0.406. The van der Waals surface area contributed by atoms with Gasteiger partial charge in [0, 0.05) is 0 Å². The zero-order valence-electron chi connectivity index (χ0n) is 8.09. The molecule has 0 amide bonds. The van der Waals surface area contributed by atoms with Gasteiger partial charge in [0.1, 0.15) is 0 Å².